The number of carbonyl (C=O) groups excluding carboxylic acids is 2. The van der Waals surface area contributed by atoms with Gasteiger partial charge in [-0.15, -0.1) is 0 Å². The third-order valence-electron chi connectivity index (χ3n) is 9.81. The molecule has 0 radical (unpaired) electrons. The van der Waals surface area contributed by atoms with Crippen molar-refractivity contribution in [3.8, 4) is 5.75 Å². The molecule has 3 aromatic rings. The monoisotopic (exact) mass is 570 g/mol. The van der Waals surface area contributed by atoms with E-state index in [0.717, 1.165) is 63.0 Å². The number of likely N-dealkylation sites (tertiary alicyclic amines) is 1. The molecule has 1 aliphatic carbocycles. The van der Waals surface area contributed by atoms with Gasteiger partial charge in [0.05, 0.1) is 18.7 Å². The molecule has 1 aromatic heterocycles. The van der Waals surface area contributed by atoms with Gasteiger partial charge in [0, 0.05) is 55.9 Å². The first kappa shape index (κ1) is 28.2. The summed E-state index contributed by atoms with van der Waals surface area (Å²) >= 11 is 0. The van der Waals surface area contributed by atoms with E-state index >= 15 is 0 Å². The van der Waals surface area contributed by atoms with E-state index in [0.29, 0.717) is 23.1 Å². The Morgan fingerprint density at radius 1 is 0.952 bits per heavy atom. The summed E-state index contributed by atoms with van der Waals surface area (Å²) in [7, 11) is 1.46. The van der Waals surface area contributed by atoms with Gasteiger partial charge >= 0.3 is 0 Å². The van der Waals surface area contributed by atoms with Crippen LogP contribution in [0.15, 0.2) is 60.9 Å². The van der Waals surface area contributed by atoms with Crippen molar-refractivity contribution in [3.63, 3.8) is 0 Å². The number of nitrogens with one attached hydrogen (secondary N) is 1. The van der Waals surface area contributed by atoms with E-state index in [1.807, 2.05) is 35.5 Å². The molecule has 7 nitrogen and oxygen atoms in total. The van der Waals surface area contributed by atoms with Crippen LogP contribution in [0.1, 0.15) is 83.8 Å². The largest absolute Gasteiger partial charge is 0.497 e. The van der Waals surface area contributed by atoms with Crippen LogP contribution in [0.5, 0.6) is 5.75 Å². The Labute approximate surface area is 247 Å². The molecule has 1 N–H and O–H groups in total. The molecule has 3 heterocycles. The van der Waals surface area contributed by atoms with Crippen LogP contribution in [0.2, 0.25) is 0 Å². The topological polar surface area (TPSA) is 74.8 Å². The summed E-state index contributed by atoms with van der Waals surface area (Å²) in [4.78, 5) is 35.3. The van der Waals surface area contributed by atoms with Crippen LogP contribution in [-0.2, 0) is 5.41 Å². The first-order chi connectivity index (χ1) is 20.2. The Hall–Kier alpha value is -3.94. The molecule has 220 valence electrons. The molecule has 0 bridgehead atoms. The van der Waals surface area contributed by atoms with E-state index in [2.05, 4.69) is 41.2 Å². The number of halogens is 1. The second kappa shape index (κ2) is 11.0. The zero-order chi connectivity index (χ0) is 29.5. The first-order valence-corrected chi connectivity index (χ1v) is 14.9. The molecule has 3 aliphatic rings. The van der Waals surface area contributed by atoms with Gasteiger partial charge in [-0.05, 0) is 90.5 Å². The SMILES string of the molecule is COc1ccc(C(=O)NC2CC(C)(C)c3ccc(C(=O)N4CCC5(CC4)CCN(c4ccncc4)CC5)cc32)c(F)c1. The fraction of sp³-hybridized carbons (Fsp3) is 0.441. The second-order valence-electron chi connectivity index (χ2n) is 12.7. The van der Waals surface area contributed by atoms with Gasteiger partial charge in [0.2, 0.25) is 0 Å². The van der Waals surface area contributed by atoms with Crippen LogP contribution in [0.3, 0.4) is 0 Å². The number of fused-ring (bicyclic) bond motifs is 1. The molecule has 2 saturated heterocycles. The van der Waals surface area contributed by atoms with Crippen LogP contribution in [0, 0.1) is 11.2 Å². The number of methoxy groups -OCH3 is 1. The Morgan fingerprint density at radius 2 is 1.64 bits per heavy atom. The summed E-state index contributed by atoms with van der Waals surface area (Å²) in [5.74, 6) is -0.701. The number of carbonyl (C=O) groups is 2. The number of rotatable bonds is 5. The number of hydrogen-bond donors (Lipinski definition) is 1. The molecule has 8 heteroatoms. The predicted molar refractivity (Wildman–Crippen MR) is 160 cm³/mol. The van der Waals surface area contributed by atoms with Crippen LogP contribution in [0.4, 0.5) is 10.1 Å². The second-order valence-corrected chi connectivity index (χ2v) is 12.7. The third-order valence-corrected chi connectivity index (χ3v) is 9.81. The van der Waals surface area contributed by atoms with Crippen LogP contribution >= 0.6 is 0 Å². The minimum absolute atomic E-state index is 0.0249. The Balaban J connectivity index is 1.12. The molecule has 0 saturated carbocycles. The fourth-order valence-corrected chi connectivity index (χ4v) is 7.16. The minimum atomic E-state index is -0.626. The number of amides is 2. The van der Waals surface area contributed by atoms with Crippen molar-refractivity contribution in [1.82, 2.24) is 15.2 Å². The van der Waals surface area contributed by atoms with Crippen molar-refractivity contribution in [1.29, 1.82) is 0 Å². The van der Waals surface area contributed by atoms with Crippen LogP contribution in [0.25, 0.3) is 0 Å². The first-order valence-electron chi connectivity index (χ1n) is 14.9. The van der Waals surface area contributed by atoms with E-state index in [1.54, 1.807) is 6.07 Å². The van der Waals surface area contributed by atoms with Gasteiger partial charge in [0.15, 0.2) is 0 Å². The zero-order valence-corrected chi connectivity index (χ0v) is 24.7. The minimum Gasteiger partial charge on any atom is -0.497 e. The molecule has 2 fully saturated rings. The lowest BCUT2D eigenvalue weighted by Gasteiger charge is -2.47. The van der Waals surface area contributed by atoms with Gasteiger partial charge < -0.3 is 19.9 Å². The van der Waals surface area contributed by atoms with Gasteiger partial charge in [0.25, 0.3) is 11.8 Å². The molecule has 2 aromatic carbocycles. The van der Waals surface area contributed by atoms with Gasteiger partial charge in [-0.3, -0.25) is 14.6 Å². The number of aromatic nitrogens is 1. The van der Waals surface area contributed by atoms with Gasteiger partial charge in [-0.1, -0.05) is 19.9 Å². The predicted octanol–water partition coefficient (Wildman–Crippen LogP) is 5.90. The quantitative estimate of drug-likeness (QED) is 0.413. The molecule has 1 unspecified atom stereocenters. The summed E-state index contributed by atoms with van der Waals surface area (Å²) in [5, 5.41) is 3.03. The van der Waals surface area contributed by atoms with Crippen LogP contribution < -0.4 is 15.0 Å². The number of benzene rings is 2. The summed E-state index contributed by atoms with van der Waals surface area (Å²) in [5.41, 5.74) is 4.01. The maximum Gasteiger partial charge on any atom is 0.254 e. The van der Waals surface area contributed by atoms with Crippen molar-refractivity contribution < 1.29 is 18.7 Å². The number of ether oxygens (including phenoxy) is 1. The molecule has 2 amide bonds. The summed E-state index contributed by atoms with van der Waals surface area (Å²) in [6, 6.07) is 14.0. The number of piperidine rings is 2. The summed E-state index contributed by atoms with van der Waals surface area (Å²) < 4.78 is 19.7. The molecule has 6 rings (SSSR count). The van der Waals surface area contributed by atoms with Crippen LogP contribution in [-0.4, -0.2) is 55.0 Å². The van der Waals surface area contributed by atoms with Gasteiger partial charge in [-0.25, -0.2) is 4.39 Å². The van der Waals surface area contributed by atoms with Crippen molar-refractivity contribution in [2.45, 2.75) is 57.4 Å². The molecular weight excluding hydrogens is 531 g/mol. The normalized spacial score (nSPS) is 20.7. The summed E-state index contributed by atoms with van der Waals surface area (Å²) in [6.45, 7) is 7.86. The highest BCUT2D eigenvalue weighted by molar-refractivity contribution is 5.96. The van der Waals surface area contributed by atoms with E-state index in [4.69, 9.17) is 4.74 Å². The lowest BCUT2D eigenvalue weighted by atomic mass is 9.71. The molecular formula is C34H39FN4O3. The molecule has 1 spiro atoms. The highest BCUT2D eigenvalue weighted by atomic mass is 19.1. The smallest absolute Gasteiger partial charge is 0.254 e. The number of nitrogens with zero attached hydrogens (tertiary/aromatic N) is 3. The highest BCUT2D eigenvalue weighted by Crippen LogP contribution is 2.46. The maximum absolute atomic E-state index is 14.6. The highest BCUT2D eigenvalue weighted by Gasteiger charge is 2.41. The van der Waals surface area contributed by atoms with E-state index in [9.17, 15) is 14.0 Å². The number of hydrogen-bond acceptors (Lipinski definition) is 5. The van der Waals surface area contributed by atoms with Crippen molar-refractivity contribution >= 4 is 17.5 Å². The van der Waals surface area contributed by atoms with Crippen molar-refractivity contribution in [3.05, 3.63) is 89.0 Å². The Morgan fingerprint density at radius 3 is 2.31 bits per heavy atom. The Kier molecular flexibility index (Phi) is 7.41. The lowest BCUT2D eigenvalue weighted by molar-refractivity contribution is 0.0515. The number of pyridine rings is 1. The van der Waals surface area contributed by atoms with Crippen molar-refractivity contribution in [2.75, 3.05) is 38.2 Å². The third kappa shape index (κ3) is 5.35. The maximum atomic E-state index is 14.6. The van der Waals surface area contributed by atoms with Gasteiger partial charge in [0.1, 0.15) is 11.6 Å². The average Bonchev–Trinajstić information content (AvgIpc) is 3.26. The van der Waals surface area contributed by atoms with E-state index in [1.165, 1.54) is 24.9 Å². The van der Waals surface area contributed by atoms with Crippen molar-refractivity contribution in [2.24, 2.45) is 5.41 Å². The zero-order valence-electron chi connectivity index (χ0n) is 24.7. The standard InChI is InChI=1S/C34H39FN4O3/c1-33(2)22-30(37-31(40)26-6-5-25(42-3)21-29(26)35)27-20-23(4-7-28(27)33)32(41)39-18-12-34(13-19-39)10-16-38(17-11-34)24-8-14-36-15-9-24/h4-9,14-15,20-21,30H,10-13,16-19,22H2,1-3H3,(H,37,40). The molecule has 1 atom stereocenters. The lowest BCUT2D eigenvalue weighted by Crippen LogP contribution is -2.48. The summed E-state index contributed by atoms with van der Waals surface area (Å²) in [6.07, 6.45) is 8.69. The van der Waals surface area contributed by atoms with E-state index in [-0.39, 0.29) is 22.9 Å². The molecule has 2 aliphatic heterocycles. The fourth-order valence-electron chi connectivity index (χ4n) is 7.16. The Bertz CT molecular complexity index is 1470. The average molecular weight is 571 g/mol. The molecule has 42 heavy (non-hydrogen) atoms. The number of anilines is 1. The van der Waals surface area contributed by atoms with Gasteiger partial charge in [-0.2, -0.15) is 0 Å². The van der Waals surface area contributed by atoms with E-state index < -0.39 is 11.7 Å².